The van der Waals surface area contributed by atoms with Crippen LogP contribution in [-0.2, 0) is 22.4 Å². The number of carbonyl (C=O) groups is 1. The van der Waals surface area contributed by atoms with Crippen LogP contribution in [0.5, 0.6) is 0 Å². The molecule has 0 spiro atoms. The maximum atomic E-state index is 13.9. The van der Waals surface area contributed by atoms with Gasteiger partial charge in [0.25, 0.3) is 5.91 Å². The van der Waals surface area contributed by atoms with Gasteiger partial charge >= 0.3 is 0 Å². The molecule has 1 atom stereocenters. The Balaban J connectivity index is 1.60. The van der Waals surface area contributed by atoms with E-state index in [9.17, 15) is 14.0 Å². The average molecular weight is 472 g/mol. The molecular formula is C26H34FN3O4. The van der Waals surface area contributed by atoms with Gasteiger partial charge in [-0.3, -0.25) is 14.5 Å². The van der Waals surface area contributed by atoms with Crippen LogP contribution in [0.3, 0.4) is 0 Å². The smallest absolute Gasteiger partial charge is 0.257 e. The van der Waals surface area contributed by atoms with Crippen molar-refractivity contribution in [3.8, 4) is 0 Å². The molecule has 2 aliphatic rings. The first kappa shape index (κ1) is 24.6. The molecule has 1 aromatic carbocycles. The first-order chi connectivity index (χ1) is 16.5. The summed E-state index contributed by atoms with van der Waals surface area (Å²) in [6.07, 6.45) is 3.03. The Labute approximate surface area is 199 Å². The Morgan fingerprint density at radius 3 is 2.74 bits per heavy atom. The van der Waals surface area contributed by atoms with Crippen LogP contribution < -0.4 is 10.7 Å². The summed E-state index contributed by atoms with van der Waals surface area (Å²) < 4.78 is 27.0. The van der Waals surface area contributed by atoms with Crippen LogP contribution in [0.25, 0.3) is 0 Å². The minimum atomic E-state index is -0.395. The average Bonchev–Trinajstić information content (AvgIpc) is 3.34. The molecule has 2 aliphatic heterocycles. The fraction of sp³-hybridized carbons (Fsp3) is 0.538. The number of benzene rings is 1. The number of carbonyl (C=O) groups excluding carboxylic acids is 1. The van der Waals surface area contributed by atoms with Crippen molar-refractivity contribution in [2.24, 2.45) is 0 Å². The number of aromatic nitrogens is 1. The number of rotatable bonds is 9. The molecule has 8 heteroatoms. The first-order valence-corrected chi connectivity index (χ1v) is 12.2. The Hall–Kier alpha value is -2.55. The summed E-state index contributed by atoms with van der Waals surface area (Å²) in [5.74, 6) is -0.732. The van der Waals surface area contributed by atoms with E-state index in [1.807, 2.05) is 17.6 Å². The summed E-state index contributed by atoms with van der Waals surface area (Å²) in [6, 6.07) is 7.86. The SMILES string of the molecule is Cc1cc(=O)c(C(=O)NCC2CCCO2)c(Cc2cccc(F)c2)n1CCCN1CCOCC1. The Kier molecular flexibility index (Phi) is 8.48. The summed E-state index contributed by atoms with van der Waals surface area (Å²) in [5.41, 5.74) is 1.98. The quantitative estimate of drug-likeness (QED) is 0.609. The molecule has 0 bridgehead atoms. The number of hydrogen-bond acceptors (Lipinski definition) is 5. The number of nitrogens with one attached hydrogen (secondary N) is 1. The molecule has 1 unspecified atom stereocenters. The van der Waals surface area contributed by atoms with Gasteiger partial charge in [-0.25, -0.2) is 4.39 Å². The molecule has 4 rings (SSSR count). The van der Waals surface area contributed by atoms with Crippen LogP contribution in [0.15, 0.2) is 35.1 Å². The summed E-state index contributed by atoms with van der Waals surface area (Å²) in [5, 5.41) is 2.90. The molecule has 2 fully saturated rings. The van der Waals surface area contributed by atoms with Crippen molar-refractivity contribution in [2.75, 3.05) is 46.0 Å². The number of amides is 1. The number of aryl methyl sites for hydroxylation is 1. The van der Waals surface area contributed by atoms with Gasteiger partial charge in [-0.05, 0) is 43.9 Å². The Bertz CT molecular complexity index is 1040. The molecule has 34 heavy (non-hydrogen) atoms. The van der Waals surface area contributed by atoms with E-state index in [0.717, 1.165) is 63.4 Å². The summed E-state index contributed by atoms with van der Waals surface area (Å²) in [4.78, 5) is 28.6. The van der Waals surface area contributed by atoms with E-state index in [-0.39, 0.29) is 22.9 Å². The third kappa shape index (κ3) is 6.31. The number of morpholine rings is 1. The highest BCUT2D eigenvalue weighted by molar-refractivity contribution is 5.95. The summed E-state index contributed by atoms with van der Waals surface area (Å²) in [6.45, 7) is 7.86. The minimum absolute atomic E-state index is 0.0168. The van der Waals surface area contributed by atoms with Crippen LogP contribution in [0, 0.1) is 12.7 Å². The normalized spacial score (nSPS) is 18.8. The van der Waals surface area contributed by atoms with Crippen molar-refractivity contribution >= 4 is 5.91 Å². The summed E-state index contributed by atoms with van der Waals surface area (Å²) in [7, 11) is 0. The number of halogens is 1. The number of hydrogen-bond donors (Lipinski definition) is 1. The third-order valence-electron chi connectivity index (χ3n) is 6.59. The maximum absolute atomic E-state index is 13.9. The van der Waals surface area contributed by atoms with Crippen LogP contribution in [0.4, 0.5) is 4.39 Å². The van der Waals surface area contributed by atoms with E-state index in [1.165, 1.54) is 18.2 Å². The van der Waals surface area contributed by atoms with Gasteiger partial charge in [0.1, 0.15) is 11.4 Å². The predicted molar refractivity (Wildman–Crippen MR) is 128 cm³/mol. The van der Waals surface area contributed by atoms with Crippen molar-refractivity contribution in [1.82, 2.24) is 14.8 Å². The maximum Gasteiger partial charge on any atom is 0.257 e. The van der Waals surface area contributed by atoms with Gasteiger partial charge in [0.15, 0.2) is 5.43 Å². The fourth-order valence-corrected chi connectivity index (χ4v) is 4.79. The molecule has 3 heterocycles. The molecule has 2 saturated heterocycles. The van der Waals surface area contributed by atoms with E-state index in [0.29, 0.717) is 31.8 Å². The highest BCUT2D eigenvalue weighted by atomic mass is 19.1. The number of pyridine rings is 1. The van der Waals surface area contributed by atoms with Crippen molar-refractivity contribution in [3.05, 3.63) is 68.9 Å². The van der Waals surface area contributed by atoms with E-state index >= 15 is 0 Å². The monoisotopic (exact) mass is 471 g/mol. The first-order valence-electron chi connectivity index (χ1n) is 12.2. The molecule has 0 radical (unpaired) electrons. The van der Waals surface area contributed by atoms with Crippen LogP contribution >= 0.6 is 0 Å². The van der Waals surface area contributed by atoms with Crippen LogP contribution in [-0.4, -0.2) is 67.5 Å². The predicted octanol–water partition coefficient (Wildman–Crippen LogP) is 2.52. The van der Waals surface area contributed by atoms with E-state index in [2.05, 4.69) is 10.2 Å². The zero-order valence-electron chi connectivity index (χ0n) is 19.9. The lowest BCUT2D eigenvalue weighted by atomic mass is 10.0. The standard InChI is InChI=1S/C26H34FN3O4/c1-19-15-24(31)25(26(32)28-18-22-7-3-12-34-22)23(17-20-5-2-6-21(27)16-20)30(19)9-4-8-29-10-13-33-14-11-29/h2,5-6,15-16,22H,3-4,7-14,17-18H2,1H3,(H,28,32). The molecular weight excluding hydrogens is 437 g/mol. The molecule has 0 aliphatic carbocycles. The van der Waals surface area contributed by atoms with Crippen molar-refractivity contribution in [1.29, 1.82) is 0 Å². The zero-order valence-corrected chi connectivity index (χ0v) is 19.9. The number of ether oxygens (including phenoxy) is 2. The Morgan fingerprint density at radius 1 is 1.18 bits per heavy atom. The minimum Gasteiger partial charge on any atom is -0.379 e. The van der Waals surface area contributed by atoms with Gasteiger partial charge < -0.3 is 19.4 Å². The van der Waals surface area contributed by atoms with Crippen LogP contribution in [0.1, 0.15) is 46.6 Å². The van der Waals surface area contributed by atoms with Crippen molar-refractivity contribution in [2.45, 2.75) is 45.3 Å². The second-order valence-electron chi connectivity index (χ2n) is 9.08. The highest BCUT2D eigenvalue weighted by Crippen LogP contribution is 2.17. The van der Waals surface area contributed by atoms with E-state index < -0.39 is 5.91 Å². The van der Waals surface area contributed by atoms with Gasteiger partial charge in [0.05, 0.1) is 19.3 Å². The van der Waals surface area contributed by atoms with E-state index in [1.54, 1.807) is 6.07 Å². The zero-order chi connectivity index (χ0) is 23.9. The second-order valence-corrected chi connectivity index (χ2v) is 9.08. The van der Waals surface area contributed by atoms with Gasteiger partial charge in [-0.1, -0.05) is 12.1 Å². The molecule has 184 valence electrons. The lowest BCUT2D eigenvalue weighted by molar-refractivity contribution is 0.0369. The second kappa shape index (κ2) is 11.7. The molecule has 1 amide bonds. The summed E-state index contributed by atoms with van der Waals surface area (Å²) >= 11 is 0. The molecule has 2 aromatic rings. The van der Waals surface area contributed by atoms with Gasteiger partial charge in [-0.15, -0.1) is 0 Å². The topological polar surface area (TPSA) is 72.8 Å². The molecule has 1 aromatic heterocycles. The van der Waals surface area contributed by atoms with E-state index in [4.69, 9.17) is 9.47 Å². The molecule has 1 N–H and O–H groups in total. The largest absolute Gasteiger partial charge is 0.379 e. The van der Waals surface area contributed by atoms with Gasteiger partial charge in [-0.2, -0.15) is 0 Å². The van der Waals surface area contributed by atoms with Crippen molar-refractivity contribution in [3.63, 3.8) is 0 Å². The fourth-order valence-electron chi connectivity index (χ4n) is 4.79. The van der Waals surface area contributed by atoms with Crippen molar-refractivity contribution < 1.29 is 18.7 Å². The molecule has 7 nitrogen and oxygen atoms in total. The molecule has 0 saturated carbocycles. The lowest BCUT2D eigenvalue weighted by Gasteiger charge is -2.27. The van der Waals surface area contributed by atoms with Gasteiger partial charge in [0, 0.05) is 63.2 Å². The lowest BCUT2D eigenvalue weighted by Crippen LogP contribution is -2.38. The Morgan fingerprint density at radius 2 is 2.00 bits per heavy atom. The third-order valence-corrected chi connectivity index (χ3v) is 6.59. The van der Waals surface area contributed by atoms with Crippen LogP contribution in [0.2, 0.25) is 0 Å². The highest BCUT2D eigenvalue weighted by Gasteiger charge is 2.23. The van der Waals surface area contributed by atoms with Gasteiger partial charge in [0.2, 0.25) is 0 Å². The number of nitrogens with zero attached hydrogens (tertiary/aromatic N) is 2.